The van der Waals surface area contributed by atoms with Crippen molar-refractivity contribution in [2.75, 3.05) is 6.54 Å². The van der Waals surface area contributed by atoms with Crippen LogP contribution in [0.4, 0.5) is 0 Å². The Morgan fingerprint density at radius 2 is 2.24 bits per heavy atom. The molecule has 0 aliphatic rings. The van der Waals surface area contributed by atoms with Crippen molar-refractivity contribution in [1.82, 2.24) is 4.90 Å². The molecule has 0 aliphatic heterocycles. The van der Waals surface area contributed by atoms with Gasteiger partial charge in [0.1, 0.15) is 12.3 Å². The minimum Gasteiger partial charge on any atom is -0.507 e. The predicted molar refractivity (Wildman–Crippen MR) is 72.6 cm³/mol. The quantitative estimate of drug-likeness (QED) is 0.676. The largest absolute Gasteiger partial charge is 0.507 e. The minimum absolute atomic E-state index is 0.0449. The molecule has 1 rings (SSSR count). The van der Waals surface area contributed by atoms with Crippen LogP contribution in [0.3, 0.4) is 0 Å². The zero-order valence-electron chi connectivity index (χ0n) is 9.64. The van der Waals surface area contributed by atoms with Crippen LogP contribution in [0, 0.1) is 14.9 Å². The first-order valence-electron chi connectivity index (χ1n) is 5.13. The lowest BCUT2D eigenvalue weighted by molar-refractivity contribution is 0.0731. The molecule has 0 saturated heterocycles. The van der Waals surface area contributed by atoms with Gasteiger partial charge in [-0.1, -0.05) is 0 Å². The highest BCUT2D eigenvalue weighted by Crippen LogP contribution is 2.21. The van der Waals surface area contributed by atoms with Crippen molar-refractivity contribution in [3.05, 3.63) is 27.3 Å². The second-order valence-electron chi connectivity index (χ2n) is 3.85. The number of halogens is 1. The van der Waals surface area contributed by atoms with E-state index in [2.05, 4.69) is 0 Å². The summed E-state index contributed by atoms with van der Waals surface area (Å²) in [5, 5.41) is 18.2. The van der Waals surface area contributed by atoms with Crippen LogP contribution >= 0.6 is 22.6 Å². The highest BCUT2D eigenvalue weighted by Gasteiger charge is 2.19. The Hall–Kier alpha value is -1.29. The van der Waals surface area contributed by atoms with Crippen LogP contribution in [0.5, 0.6) is 5.75 Å². The molecular formula is C12H13IN2O2. The van der Waals surface area contributed by atoms with E-state index >= 15 is 0 Å². The van der Waals surface area contributed by atoms with Gasteiger partial charge in [-0.05, 0) is 54.6 Å². The van der Waals surface area contributed by atoms with E-state index < -0.39 is 0 Å². The fourth-order valence-corrected chi connectivity index (χ4v) is 1.71. The van der Waals surface area contributed by atoms with Crippen LogP contribution < -0.4 is 0 Å². The third-order valence-electron chi connectivity index (χ3n) is 2.32. The number of phenols is 1. The van der Waals surface area contributed by atoms with E-state index in [0.717, 1.165) is 0 Å². The van der Waals surface area contributed by atoms with Crippen molar-refractivity contribution in [1.29, 1.82) is 5.26 Å². The summed E-state index contributed by atoms with van der Waals surface area (Å²) in [7, 11) is 0. The number of carbonyl (C=O) groups is 1. The van der Waals surface area contributed by atoms with Crippen molar-refractivity contribution >= 4 is 28.5 Å². The van der Waals surface area contributed by atoms with E-state index in [0.29, 0.717) is 9.13 Å². The molecule has 0 bridgehead atoms. The summed E-state index contributed by atoms with van der Waals surface area (Å²) in [6.45, 7) is 3.74. The van der Waals surface area contributed by atoms with E-state index in [-0.39, 0.29) is 24.2 Å². The molecule has 0 saturated carbocycles. The lowest BCUT2D eigenvalue weighted by Gasteiger charge is -2.23. The minimum atomic E-state index is -0.242. The molecule has 1 amide bonds. The van der Waals surface area contributed by atoms with Gasteiger partial charge in [0, 0.05) is 11.6 Å². The second-order valence-corrected chi connectivity index (χ2v) is 5.01. The number of benzene rings is 1. The molecule has 4 nitrogen and oxygen atoms in total. The molecule has 0 spiro atoms. The molecule has 1 aromatic rings. The number of amides is 1. The monoisotopic (exact) mass is 344 g/mol. The van der Waals surface area contributed by atoms with E-state index in [1.807, 2.05) is 42.5 Å². The van der Waals surface area contributed by atoms with Crippen molar-refractivity contribution in [2.24, 2.45) is 0 Å². The van der Waals surface area contributed by atoms with Gasteiger partial charge in [0.2, 0.25) is 0 Å². The molecule has 0 heterocycles. The summed E-state index contributed by atoms with van der Waals surface area (Å²) in [5.74, 6) is -0.162. The topological polar surface area (TPSA) is 64.3 Å². The summed E-state index contributed by atoms with van der Waals surface area (Å²) < 4.78 is 0.690. The first kappa shape index (κ1) is 13.8. The molecule has 90 valence electrons. The maximum Gasteiger partial charge on any atom is 0.255 e. The molecule has 1 N–H and O–H groups in total. The van der Waals surface area contributed by atoms with E-state index in [1.165, 1.54) is 11.0 Å². The Balaban J connectivity index is 3.02. The van der Waals surface area contributed by atoms with Crippen LogP contribution in [0.15, 0.2) is 18.2 Å². The molecule has 0 fully saturated rings. The van der Waals surface area contributed by atoms with Crippen LogP contribution in [0.1, 0.15) is 24.2 Å². The SMILES string of the molecule is CC(C)N(CC#N)C(=O)c1ccc(I)c(O)c1. The second kappa shape index (κ2) is 5.87. The van der Waals surface area contributed by atoms with Gasteiger partial charge in [0.25, 0.3) is 5.91 Å². The smallest absolute Gasteiger partial charge is 0.255 e. The Labute approximate surface area is 114 Å². The summed E-state index contributed by atoms with van der Waals surface area (Å²) in [6.07, 6.45) is 0. The summed E-state index contributed by atoms with van der Waals surface area (Å²) in [5.41, 5.74) is 0.395. The highest BCUT2D eigenvalue weighted by atomic mass is 127. The van der Waals surface area contributed by atoms with Gasteiger partial charge in [-0.15, -0.1) is 0 Å². The van der Waals surface area contributed by atoms with Gasteiger partial charge in [-0.3, -0.25) is 4.79 Å². The molecule has 0 aromatic heterocycles. The van der Waals surface area contributed by atoms with Gasteiger partial charge >= 0.3 is 0 Å². The maximum absolute atomic E-state index is 12.1. The number of hydrogen-bond donors (Lipinski definition) is 1. The van der Waals surface area contributed by atoms with E-state index in [9.17, 15) is 9.90 Å². The predicted octanol–water partition coefficient (Wildman–Crippen LogP) is 2.37. The van der Waals surface area contributed by atoms with Gasteiger partial charge in [-0.25, -0.2) is 0 Å². The zero-order valence-corrected chi connectivity index (χ0v) is 11.8. The normalized spacial score (nSPS) is 10.1. The first-order valence-corrected chi connectivity index (χ1v) is 6.21. The Morgan fingerprint density at radius 3 is 2.71 bits per heavy atom. The molecule has 0 atom stereocenters. The molecule has 5 heteroatoms. The average Bonchev–Trinajstić information content (AvgIpc) is 2.28. The maximum atomic E-state index is 12.1. The first-order chi connectivity index (χ1) is 7.97. The zero-order chi connectivity index (χ0) is 13.0. The van der Waals surface area contributed by atoms with Crippen LogP contribution in [0.2, 0.25) is 0 Å². The van der Waals surface area contributed by atoms with Gasteiger partial charge < -0.3 is 10.0 Å². The van der Waals surface area contributed by atoms with Gasteiger partial charge in [-0.2, -0.15) is 5.26 Å². The molecule has 0 unspecified atom stereocenters. The fourth-order valence-electron chi connectivity index (χ4n) is 1.38. The van der Waals surface area contributed by atoms with Crippen LogP contribution in [-0.4, -0.2) is 28.5 Å². The fraction of sp³-hybridized carbons (Fsp3) is 0.333. The summed E-state index contributed by atoms with van der Waals surface area (Å²) in [6, 6.07) is 6.67. The van der Waals surface area contributed by atoms with Crippen molar-refractivity contribution in [3.63, 3.8) is 0 Å². The van der Waals surface area contributed by atoms with Gasteiger partial charge in [0.05, 0.1) is 9.64 Å². The number of hydrogen-bond acceptors (Lipinski definition) is 3. The van der Waals surface area contributed by atoms with Crippen LogP contribution in [-0.2, 0) is 0 Å². The number of nitrogens with zero attached hydrogens (tertiary/aromatic N) is 2. The third-order valence-corrected chi connectivity index (χ3v) is 3.23. The number of rotatable bonds is 3. The molecule has 1 aromatic carbocycles. The Morgan fingerprint density at radius 1 is 1.59 bits per heavy atom. The average molecular weight is 344 g/mol. The van der Waals surface area contributed by atoms with Crippen molar-refractivity contribution in [3.8, 4) is 11.8 Å². The Kier molecular flexibility index (Phi) is 4.75. The van der Waals surface area contributed by atoms with Crippen molar-refractivity contribution < 1.29 is 9.90 Å². The number of nitriles is 1. The standard InChI is InChI=1S/C12H13IN2O2/c1-8(2)15(6-5-14)12(17)9-3-4-10(13)11(16)7-9/h3-4,7-8,16H,6H2,1-2H3. The number of carbonyl (C=O) groups excluding carboxylic acids is 1. The molecule has 0 aliphatic carbocycles. The number of aromatic hydroxyl groups is 1. The molecule has 0 radical (unpaired) electrons. The lowest BCUT2D eigenvalue weighted by Crippen LogP contribution is -2.37. The lowest BCUT2D eigenvalue weighted by atomic mass is 10.1. The third kappa shape index (κ3) is 3.33. The van der Waals surface area contributed by atoms with E-state index in [1.54, 1.807) is 12.1 Å². The van der Waals surface area contributed by atoms with Gasteiger partial charge in [0.15, 0.2) is 0 Å². The Bertz CT molecular complexity index is 466. The van der Waals surface area contributed by atoms with E-state index in [4.69, 9.17) is 5.26 Å². The summed E-state index contributed by atoms with van der Waals surface area (Å²) in [4.78, 5) is 13.6. The highest BCUT2D eigenvalue weighted by molar-refractivity contribution is 14.1. The molecule has 17 heavy (non-hydrogen) atoms. The summed E-state index contributed by atoms with van der Waals surface area (Å²) >= 11 is 1.98. The molecular weight excluding hydrogens is 331 g/mol. The number of phenolic OH excluding ortho intramolecular Hbond substituents is 1. The van der Waals surface area contributed by atoms with Crippen LogP contribution in [0.25, 0.3) is 0 Å². The van der Waals surface area contributed by atoms with Crippen molar-refractivity contribution in [2.45, 2.75) is 19.9 Å².